The first kappa shape index (κ1) is 20.3. The van der Waals surface area contributed by atoms with E-state index >= 15 is 0 Å². The molecule has 0 radical (unpaired) electrons. The smallest absolute Gasteiger partial charge is 0.232 e. The highest BCUT2D eigenvalue weighted by atomic mass is 19.1. The maximum Gasteiger partial charge on any atom is 0.232 e. The van der Waals surface area contributed by atoms with Crippen LogP contribution in [0.15, 0.2) is 72.5 Å². The van der Waals surface area contributed by atoms with Crippen LogP contribution in [0, 0.1) is 23.5 Å². The molecule has 4 nitrogen and oxygen atoms in total. The number of amides is 1. The monoisotopic (exact) mass is 411 g/mol. The number of carbonyl (C=O) groups is 1. The highest BCUT2D eigenvalue weighted by molar-refractivity contribution is 6.03. The molecule has 0 spiro atoms. The van der Waals surface area contributed by atoms with Crippen LogP contribution < -0.4 is 4.90 Å². The van der Waals surface area contributed by atoms with Gasteiger partial charge in [0.2, 0.25) is 5.91 Å². The summed E-state index contributed by atoms with van der Waals surface area (Å²) in [7, 11) is 0. The zero-order valence-corrected chi connectivity index (χ0v) is 16.3. The van der Waals surface area contributed by atoms with E-state index in [2.05, 4.69) is 0 Å². The molecule has 0 bridgehead atoms. The fraction of sp³-hybridized carbons (Fsp3) is 0.292. The van der Waals surface area contributed by atoms with Gasteiger partial charge in [-0.05, 0) is 73.4 Å². The van der Waals surface area contributed by atoms with Crippen LogP contribution >= 0.6 is 0 Å². The number of hydrogen-bond acceptors (Lipinski definition) is 3. The number of nitrogens with zero attached hydrogens (tertiary/aromatic N) is 1. The summed E-state index contributed by atoms with van der Waals surface area (Å²) in [6.07, 6.45) is 5.89. The molecule has 30 heavy (non-hydrogen) atoms. The number of carbonyl (C=O) groups excluding carboxylic acids is 1. The molecule has 2 aromatic rings. The fourth-order valence-corrected chi connectivity index (χ4v) is 4.32. The van der Waals surface area contributed by atoms with Gasteiger partial charge in [0, 0.05) is 11.6 Å². The maximum atomic E-state index is 13.3. The Kier molecular flexibility index (Phi) is 5.68. The van der Waals surface area contributed by atoms with Gasteiger partial charge in [-0.1, -0.05) is 18.2 Å². The SMILES string of the molecule is O=C1[C@H](CC[C@H](O)c2ccc(F)cc2)[C@@H](C2C=CC(O)=CC2)N1c1ccc(F)cc1. The predicted octanol–water partition coefficient (Wildman–Crippen LogP) is 4.83. The van der Waals surface area contributed by atoms with Crippen LogP contribution in [0.2, 0.25) is 0 Å². The first-order valence-corrected chi connectivity index (χ1v) is 10.0. The van der Waals surface area contributed by atoms with Crippen LogP contribution in [0.1, 0.15) is 30.9 Å². The van der Waals surface area contributed by atoms with Gasteiger partial charge in [0.25, 0.3) is 0 Å². The van der Waals surface area contributed by atoms with Crippen molar-refractivity contribution < 1.29 is 23.8 Å². The van der Waals surface area contributed by atoms with Gasteiger partial charge in [-0.25, -0.2) is 8.78 Å². The van der Waals surface area contributed by atoms with E-state index in [4.69, 9.17) is 0 Å². The second kappa shape index (κ2) is 8.40. The summed E-state index contributed by atoms with van der Waals surface area (Å²) in [5.41, 5.74) is 1.24. The highest BCUT2D eigenvalue weighted by Gasteiger charge is 2.50. The average molecular weight is 411 g/mol. The summed E-state index contributed by atoms with van der Waals surface area (Å²) in [6.45, 7) is 0. The minimum Gasteiger partial charge on any atom is -0.508 e. The van der Waals surface area contributed by atoms with E-state index in [-0.39, 0.29) is 41.2 Å². The fourth-order valence-electron chi connectivity index (χ4n) is 4.32. The van der Waals surface area contributed by atoms with Crippen molar-refractivity contribution >= 4 is 11.6 Å². The summed E-state index contributed by atoms with van der Waals surface area (Å²) in [5.74, 6) is -0.883. The molecule has 1 fully saturated rings. The number of allylic oxidation sites excluding steroid dienone is 2. The molecule has 2 aromatic carbocycles. The molecule has 6 heteroatoms. The van der Waals surface area contributed by atoms with Crippen LogP contribution in [0.25, 0.3) is 0 Å². The number of halogens is 2. The summed E-state index contributed by atoms with van der Waals surface area (Å²) in [6, 6.07) is 11.4. The van der Waals surface area contributed by atoms with Gasteiger partial charge in [0.15, 0.2) is 0 Å². The molecule has 2 N–H and O–H groups in total. The van der Waals surface area contributed by atoms with E-state index in [1.807, 2.05) is 6.08 Å². The van der Waals surface area contributed by atoms with Crippen LogP contribution in [-0.2, 0) is 4.79 Å². The van der Waals surface area contributed by atoms with Crippen LogP contribution in [-0.4, -0.2) is 22.2 Å². The molecule has 1 aliphatic heterocycles. The average Bonchev–Trinajstić information content (AvgIpc) is 2.74. The van der Waals surface area contributed by atoms with Gasteiger partial charge in [0.1, 0.15) is 17.4 Å². The van der Waals surface area contributed by atoms with Gasteiger partial charge in [-0.15, -0.1) is 0 Å². The minimum absolute atomic E-state index is 0.0108. The highest BCUT2D eigenvalue weighted by Crippen LogP contribution is 2.42. The standard InChI is InChI=1S/C24H23F2NO3/c25-17-5-1-15(2-6-17)22(29)14-13-21-23(16-3-11-20(28)12-4-16)27(24(21)30)19-9-7-18(26)8-10-19/h1-3,5-12,16,21-23,28-29H,4,13-14H2/t16?,21-,22+,23-/m1/s1. The van der Waals surface area contributed by atoms with E-state index in [0.29, 0.717) is 30.5 Å². The van der Waals surface area contributed by atoms with Crippen LogP contribution in [0.5, 0.6) is 0 Å². The Balaban J connectivity index is 1.50. The Bertz CT molecular complexity index is 969. The molecular weight excluding hydrogens is 388 g/mol. The first-order valence-electron chi connectivity index (χ1n) is 10.0. The Morgan fingerprint density at radius 1 is 1.03 bits per heavy atom. The molecule has 2 aliphatic rings. The zero-order chi connectivity index (χ0) is 21.3. The predicted molar refractivity (Wildman–Crippen MR) is 110 cm³/mol. The number of rotatable bonds is 6. The second-order valence-corrected chi connectivity index (χ2v) is 7.81. The lowest BCUT2D eigenvalue weighted by Gasteiger charge is -2.50. The third-order valence-corrected chi connectivity index (χ3v) is 5.93. The van der Waals surface area contributed by atoms with E-state index in [1.165, 1.54) is 24.3 Å². The molecule has 4 rings (SSSR count). The van der Waals surface area contributed by atoms with E-state index in [9.17, 15) is 23.8 Å². The van der Waals surface area contributed by atoms with Crippen molar-refractivity contribution in [3.63, 3.8) is 0 Å². The van der Waals surface area contributed by atoms with Gasteiger partial charge in [-0.2, -0.15) is 0 Å². The molecular formula is C24H23F2NO3. The molecule has 0 aromatic heterocycles. The molecule has 1 amide bonds. The Morgan fingerprint density at radius 2 is 1.67 bits per heavy atom. The van der Waals surface area contributed by atoms with Gasteiger partial charge >= 0.3 is 0 Å². The summed E-state index contributed by atoms with van der Waals surface area (Å²) in [4.78, 5) is 14.7. The van der Waals surface area contributed by atoms with Crippen molar-refractivity contribution in [3.8, 4) is 0 Å². The molecule has 1 heterocycles. The second-order valence-electron chi connectivity index (χ2n) is 7.81. The lowest BCUT2D eigenvalue weighted by Crippen LogP contribution is -2.64. The number of benzene rings is 2. The lowest BCUT2D eigenvalue weighted by molar-refractivity contribution is -0.131. The largest absolute Gasteiger partial charge is 0.508 e. The Morgan fingerprint density at radius 3 is 2.27 bits per heavy atom. The third-order valence-electron chi connectivity index (χ3n) is 5.93. The third kappa shape index (κ3) is 4.00. The van der Waals surface area contributed by atoms with Crippen molar-refractivity contribution in [1.82, 2.24) is 0 Å². The number of aliphatic hydroxyl groups is 2. The van der Waals surface area contributed by atoms with Crippen molar-refractivity contribution in [2.24, 2.45) is 11.8 Å². The molecule has 156 valence electrons. The van der Waals surface area contributed by atoms with Crippen molar-refractivity contribution in [3.05, 3.63) is 89.7 Å². The molecule has 1 unspecified atom stereocenters. The maximum absolute atomic E-state index is 13.3. The van der Waals surface area contributed by atoms with Crippen molar-refractivity contribution in [1.29, 1.82) is 0 Å². The van der Waals surface area contributed by atoms with E-state index in [1.54, 1.807) is 41.3 Å². The minimum atomic E-state index is -0.787. The van der Waals surface area contributed by atoms with Crippen molar-refractivity contribution in [2.45, 2.75) is 31.4 Å². The van der Waals surface area contributed by atoms with E-state index < -0.39 is 6.10 Å². The Labute approximate surface area is 173 Å². The number of anilines is 1. The Hall–Kier alpha value is -2.99. The van der Waals surface area contributed by atoms with Gasteiger partial charge in [0.05, 0.1) is 18.1 Å². The van der Waals surface area contributed by atoms with Crippen molar-refractivity contribution in [2.75, 3.05) is 4.90 Å². The zero-order valence-electron chi connectivity index (χ0n) is 16.3. The van der Waals surface area contributed by atoms with Crippen LogP contribution in [0.4, 0.5) is 14.5 Å². The molecule has 0 saturated carbocycles. The normalized spacial score (nSPS) is 24.4. The number of aliphatic hydroxyl groups excluding tert-OH is 2. The first-order chi connectivity index (χ1) is 14.4. The summed E-state index contributed by atoms with van der Waals surface area (Å²) < 4.78 is 26.4. The topological polar surface area (TPSA) is 60.8 Å². The van der Waals surface area contributed by atoms with Gasteiger partial charge in [-0.3, -0.25) is 4.79 Å². The molecule has 1 aliphatic carbocycles. The number of β-lactam (4-membered cyclic amide) rings is 1. The summed E-state index contributed by atoms with van der Waals surface area (Å²) >= 11 is 0. The molecule has 4 atom stereocenters. The lowest BCUT2D eigenvalue weighted by atomic mass is 9.73. The van der Waals surface area contributed by atoms with Crippen LogP contribution in [0.3, 0.4) is 0 Å². The number of hydrogen-bond donors (Lipinski definition) is 2. The summed E-state index contributed by atoms with van der Waals surface area (Å²) in [5, 5.41) is 20.1. The van der Waals surface area contributed by atoms with E-state index in [0.717, 1.165) is 0 Å². The molecule has 1 saturated heterocycles. The van der Waals surface area contributed by atoms with Gasteiger partial charge < -0.3 is 15.1 Å². The quantitative estimate of drug-likeness (QED) is 0.670.